The van der Waals surface area contributed by atoms with Gasteiger partial charge in [-0.25, -0.2) is 15.0 Å². The quantitative estimate of drug-likeness (QED) is 0.263. The molecule has 11 heteroatoms. The fraction of sp³-hybridized carbons (Fsp3) is 0.107. The number of aryl methyl sites for hydroxylation is 2. The molecule has 5 rings (SSSR count). The van der Waals surface area contributed by atoms with E-state index in [2.05, 4.69) is 25.3 Å². The van der Waals surface area contributed by atoms with Crippen LogP contribution in [0.3, 0.4) is 0 Å². The Morgan fingerprint density at radius 3 is 2.46 bits per heavy atom. The van der Waals surface area contributed by atoms with Gasteiger partial charge in [-0.2, -0.15) is 13.2 Å². The molecule has 1 amide bonds. The van der Waals surface area contributed by atoms with Crippen molar-refractivity contribution in [3.05, 3.63) is 89.5 Å². The van der Waals surface area contributed by atoms with E-state index in [1.807, 2.05) is 13.8 Å². The summed E-state index contributed by atoms with van der Waals surface area (Å²) in [6.45, 7) is 3.63. The van der Waals surface area contributed by atoms with Gasteiger partial charge in [-0.3, -0.25) is 9.78 Å². The number of pyridine rings is 2. The number of phenolic OH excluding ortho intramolecular Hbond substituents is 1. The van der Waals surface area contributed by atoms with Crippen LogP contribution in [0.1, 0.15) is 27.2 Å². The third kappa shape index (κ3) is 5.06. The van der Waals surface area contributed by atoms with Crippen LogP contribution in [0.5, 0.6) is 5.75 Å². The molecular weight excluding hydrogens is 509 g/mol. The van der Waals surface area contributed by atoms with E-state index < -0.39 is 17.6 Å². The number of aromatic hydroxyl groups is 1. The molecule has 8 nitrogen and oxygen atoms in total. The van der Waals surface area contributed by atoms with E-state index in [1.54, 1.807) is 42.7 Å². The highest BCUT2D eigenvalue weighted by atomic mass is 19.4. The summed E-state index contributed by atoms with van der Waals surface area (Å²) >= 11 is 0. The number of alkyl halides is 3. The molecule has 196 valence electrons. The number of halogens is 3. The SMILES string of the molecule is Cc1cc(-c2c(O)c(-c3cc(C(=O)Nc4cc(C(F)(F)F)ccn4)ccc3C)cc3cnc(N)nc23)ccn1. The third-order valence-corrected chi connectivity index (χ3v) is 6.17. The van der Waals surface area contributed by atoms with Crippen LogP contribution in [0.15, 0.2) is 67.1 Å². The number of carbonyl (C=O) groups is 1. The maximum atomic E-state index is 13.1. The highest BCUT2D eigenvalue weighted by Crippen LogP contribution is 2.44. The van der Waals surface area contributed by atoms with Gasteiger partial charge < -0.3 is 16.2 Å². The number of fused-ring (bicyclic) bond motifs is 1. The van der Waals surface area contributed by atoms with Crippen molar-refractivity contribution in [2.24, 2.45) is 0 Å². The summed E-state index contributed by atoms with van der Waals surface area (Å²) in [5.41, 5.74) is 9.00. The van der Waals surface area contributed by atoms with Crippen LogP contribution in [0.4, 0.5) is 24.9 Å². The van der Waals surface area contributed by atoms with Crippen molar-refractivity contribution in [1.29, 1.82) is 0 Å². The fourth-order valence-corrected chi connectivity index (χ4v) is 4.28. The standard InChI is InChI=1S/C28H21F3N6O2/c1-14-3-4-17(26(39)36-22-12-19(6-8-34-22)28(29,30)31)10-20(14)21-11-18-13-35-27(32)37-24(18)23(25(21)38)16-5-7-33-15(2)9-16/h3-13,38H,1-2H3,(H2,32,35,37)(H,34,36,39). The second kappa shape index (κ2) is 9.67. The minimum atomic E-state index is -4.58. The number of nitrogens with zero attached hydrogens (tertiary/aromatic N) is 4. The maximum Gasteiger partial charge on any atom is 0.416 e. The Kier molecular flexibility index (Phi) is 6.35. The van der Waals surface area contributed by atoms with Crippen LogP contribution in [-0.4, -0.2) is 30.9 Å². The van der Waals surface area contributed by atoms with Crippen LogP contribution in [0, 0.1) is 13.8 Å². The number of nitrogen functional groups attached to an aromatic ring is 1. The fourth-order valence-electron chi connectivity index (χ4n) is 4.28. The van der Waals surface area contributed by atoms with Gasteiger partial charge in [-0.05, 0) is 73.0 Å². The molecule has 0 aliphatic heterocycles. The number of amides is 1. The van der Waals surface area contributed by atoms with E-state index >= 15 is 0 Å². The predicted molar refractivity (Wildman–Crippen MR) is 141 cm³/mol. The number of rotatable bonds is 4. The van der Waals surface area contributed by atoms with E-state index in [4.69, 9.17) is 5.73 Å². The average Bonchev–Trinajstić information content (AvgIpc) is 2.88. The number of nitrogens with two attached hydrogens (primary N) is 1. The zero-order valence-corrected chi connectivity index (χ0v) is 20.7. The van der Waals surface area contributed by atoms with Gasteiger partial charge in [0.15, 0.2) is 0 Å². The highest BCUT2D eigenvalue weighted by molar-refractivity contribution is 6.06. The molecule has 2 aromatic carbocycles. The van der Waals surface area contributed by atoms with Gasteiger partial charge in [-0.1, -0.05) is 6.07 Å². The van der Waals surface area contributed by atoms with Gasteiger partial charge in [0, 0.05) is 40.8 Å². The summed E-state index contributed by atoms with van der Waals surface area (Å²) in [5, 5.41) is 14.5. The molecule has 0 atom stereocenters. The molecule has 5 aromatic rings. The first kappa shape index (κ1) is 25.6. The average molecular weight is 531 g/mol. The Balaban J connectivity index is 1.62. The number of nitrogens with one attached hydrogen (secondary N) is 1. The van der Waals surface area contributed by atoms with Crippen molar-refractivity contribution in [2.45, 2.75) is 20.0 Å². The van der Waals surface area contributed by atoms with E-state index in [-0.39, 0.29) is 23.1 Å². The molecular formula is C28H21F3N6O2. The molecule has 3 heterocycles. The van der Waals surface area contributed by atoms with Crippen LogP contribution in [-0.2, 0) is 6.18 Å². The van der Waals surface area contributed by atoms with Crippen LogP contribution >= 0.6 is 0 Å². The van der Waals surface area contributed by atoms with Gasteiger partial charge in [0.2, 0.25) is 5.95 Å². The van der Waals surface area contributed by atoms with Gasteiger partial charge in [0.25, 0.3) is 5.91 Å². The van der Waals surface area contributed by atoms with Crippen LogP contribution < -0.4 is 11.1 Å². The summed E-state index contributed by atoms with van der Waals surface area (Å²) < 4.78 is 39.2. The zero-order valence-electron chi connectivity index (χ0n) is 20.7. The van der Waals surface area contributed by atoms with Gasteiger partial charge in [-0.15, -0.1) is 0 Å². The van der Waals surface area contributed by atoms with Crippen LogP contribution in [0.2, 0.25) is 0 Å². The third-order valence-electron chi connectivity index (χ3n) is 6.17. The Labute approximate surface area is 220 Å². The van der Waals surface area contributed by atoms with Crippen molar-refractivity contribution >= 4 is 28.6 Å². The first-order valence-electron chi connectivity index (χ1n) is 11.7. The Morgan fingerprint density at radius 2 is 1.72 bits per heavy atom. The van der Waals surface area contributed by atoms with E-state index in [0.29, 0.717) is 33.2 Å². The number of hydrogen-bond donors (Lipinski definition) is 3. The summed E-state index contributed by atoms with van der Waals surface area (Å²) in [5.74, 6) is -0.953. The summed E-state index contributed by atoms with van der Waals surface area (Å²) in [6.07, 6.45) is -0.440. The molecule has 0 radical (unpaired) electrons. The molecule has 0 saturated heterocycles. The Bertz CT molecular complexity index is 1750. The topological polar surface area (TPSA) is 127 Å². The Morgan fingerprint density at radius 1 is 0.949 bits per heavy atom. The smallest absolute Gasteiger partial charge is 0.416 e. The maximum absolute atomic E-state index is 13.1. The van der Waals surface area contributed by atoms with E-state index in [0.717, 1.165) is 29.6 Å². The number of phenols is 1. The van der Waals surface area contributed by atoms with Gasteiger partial charge in [0.05, 0.1) is 16.6 Å². The lowest BCUT2D eigenvalue weighted by molar-refractivity contribution is -0.137. The highest BCUT2D eigenvalue weighted by Gasteiger charge is 2.31. The second-order valence-electron chi connectivity index (χ2n) is 8.91. The minimum absolute atomic E-state index is 0.0414. The first-order chi connectivity index (χ1) is 18.5. The second-order valence-corrected chi connectivity index (χ2v) is 8.91. The number of carbonyl (C=O) groups excluding carboxylic acids is 1. The summed E-state index contributed by atoms with van der Waals surface area (Å²) in [6, 6.07) is 11.6. The van der Waals surface area contributed by atoms with Crippen LogP contribution in [0.25, 0.3) is 33.2 Å². The lowest BCUT2D eigenvalue weighted by Gasteiger charge is -2.16. The molecule has 0 aliphatic carbocycles. The molecule has 4 N–H and O–H groups in total. The number of anilines is 2. The number of hydrogen-bond acceptors (Lipinski definition) is 7. The van der Waals surface area contributed by atoms with E-state index in [9.17, 15) is 23.1 Å². The molecule has 0 aliphatic rings. The molecule has 0 spiro atoms. The summed E-state index contributed by atoms with van der Waals surface area (Å²) in [4.78, 5) is 29.5. The van der Waals surface area contributed by atoms with Crippen molar-refractivity contribution in [1.82, 2.24) is 19.9 Å². The van der Waals surface area contributed by atoms with Crippen molar-refractivity contribution in [3.63, 3.8) is 0 Å². The molecule has 0 saturated carbocycles. The minimum Gasteiger partial charge on any atom is -0.507 e. The Hall–Kier alpha value is -5.06. The lowest BCUT2D eigenvalue weighted by atomic mass is 9.91. The zero-order chi connectivity index (χ0) is 27.9. The monoisotopic (exact) mass is 530 g/mol. The molecule has 0 bridgehead atoms. The molecule has 39 heavy (non-hydrogen) atoms. The van der Waals surface area contributed by atoms with Crippen molar-refractivity contribution in [3.8, 4) is 28.0 Å². The predicted octanol–water partition coefficient (Wildman–Crippen LogP) is 5.93. The van der Waals surface area contributed by atoms with Gasteiger partial charge >= 0.3 is 6.18 Å². The molecule has 0 fully saturated rings. The van der Waals surface area contributed by atoms with Crippen molar-refractivity contribution < 1.29 is 23.1 Å². The summed E-state index contributed by atoms with van der Waals surface area (Å²) in [7, 11) is 0. The van der Waals surface area contributed by atoms with Gasteiger partial charge in [0.1, 0.15) is 11.6 Å². The molecule has 3 aromatic heterocycles. The van der Waals surface area contributed by atoms with Crippen molar-refractivity contribution in [2.75, 3.05) is 11.1 Å². The first-order valence-corrected chi connectivity index (χ1v) is 11.7. The normalized spacial score (nSPS) is 11.5. The molecule has 0 unspecified atom stereocenters. The van der Waals surface area contributed by atoms with E-state index in [1.165, 1.54) is 6.07 Å². The number of benzene rings is 2. The lowest BCUT2D eigenvalue weighted by Crippen LogP contribution is -2.14. The number of aromatic nitrogens is 4. The largest absolute Gasteiger partial charge is 0.507 e.